The Morgan fingerprint density at radius 2 is 2.00 bits per heavy atom. The highest BCUT2D eigenvalue weighted by Gasteiger charge is 2.35. The molecule has 4 rings (SSSR count). The lowest BCUT2D eigenvalue weighted by molar-refractivity contribution is 0.174. The highest BCUT2D eigenvalue weighted by atomic mass is 16.7. The van der Waals surface area contributed by atoms with E-state index in [9.17, 15) is 10.1 Å². The summed E-state index contributed by atoms with van der Waals surface area (Å²) in [7, 11) is 0. The highest BCUT2D eigenvalue weighted by Crippen LogP contribution is 2.43. The number of nitrogens with two attached hydrogens (primary N) is 1. The van der Waals surface area contributed by atoms with Crippen LogP contribution >= 0.6 is 0 Å². The second-order valence-corrected chi connectivity index (χ2v) is 5.46. The third-order valence-electron chi connectivity index (χ3n) is 3.99. The van der Waals surface area contributed by atoms with Crippen molar-refractivity contribution in [1.82, 2.24) is 0 Å². The molecule has 1 aromatic heterocycles. The van der Waals surface area contributed by atoms with Crippen LogP contribution in [0.15, 0.2) is 44.9 Å². The van der Waals surface area contributed by atoms with E-state index < -0.39 is 11.5 Å². The number of benzene rings is 1. The fourth-order valence-electron chi connectivity index (χ4n) is 2.94. The molecule has 2 aliphatic rings. The maximum Gasteiger partial charge on any atom is 0.343 e. The van der Waals surface area contributed by atoms with Gasteiger partial charge in [0.1, 0.15) is 23.2 Å². The first-order valence-corrected chi connectivity index (χ1v) is 7.20. The normalized spacial score (nSPS) is 17.9. The fraction of sp³-hybridized carbons (Fsp3) is 0.176. The van der Waals surface area contributed by atoms with E-state index in [0.717, 1.165) is 0 Å². The van der Waals surface area contributed by atoms with E-state index >= 15 is 0 Å². The summed E-state index contributed by atoms with van der Waals surface area (Å²) in [4.78, 5) is 12.4. The molecule has 0 saturated carbocycles. The molecule has 0 fully saturated rings. The number of hydrogen-bond donors (Lipinski definition) is 1. The van der Waals surface area contributed by atoms with Crippen molar-refractivity contribution in [3.63, 3.8) is 0 Å². The van der Waals surface area contributed by atoms with Crippen molar-refractivity contribution >= 4 is 0 Å². The van der Waals surface area contributed by atoms with Crippen molar-refractivity contribution in [3.8, 4) is 23.3 Å². The Labute approximate surface area is 136 Å². The quantitative estimate of drug-likeness (QED) is 0.853. The molecule has 1 aromatic carbocycles. The predicted molar refractivity (Wildman–Crippen MR) is 81.6 cm³/mol. The summed E-state index contributed by atoms with van der Waals surface area (Å²) in [5.41, 5.74) is 6.39. The van der Waals surface area contributed by atoms with Crippen LogP contribution in [0.1, 0.15) is 22.8 Å². The first-order valence-electron chi connectivity index (χ1n) is 7.20. The lowest BCUT2D eigenvalue weighted by Crippen LogP contribution is -2.26. The van der Waals surface area contributed by atoms with Crippen LogP contribution in [0.25, 0.3) is 0 Å². The van der Waals surface area contributed by atoms with Crippen LogP contribution in [0, 0.1) is 18.3 Å². The van der Waals surface area contributed by atoms with Gasteiger partial charge in [0.2, 0.25) is 12.7 Å². The summed E-state index contributed by atoms with van der Waals surface area (Å²) in [6, 6.07) is 8.83. The van der Waals surface area contributed by atoms with Crippen molar-refractivity contribution in [2.45, 2.75) is 12.8 Å². The van der Waals surface area contributed by atoms with E-state index in [1.54, 1.807) is 31.2 Å². The molecule has 7 nitrogen and oxygen atoms in total. The predicted octanol–water partition coefficient (Wildman–Crippen LogP) is 1.90. The Bertz CT molecular complexity index is 983. The molecule has 120 valence electrons. The number of aryl methyl sites for hydroxylation is 1. The molecule has 0 spiro atoms. The van der Waals surface area contributed by atoms with E-state index in [0.29, 0.717) is 28.6 Å². The molecule has 24 heavy (non-hydrogen) atoms. The second kappa shape index (κ2) is 5.06. The molecule has 0 radical (unpaired) electrons. The molecule has 7 heteroatoms. The lowest BCUT2D eigenvalue weighted by Gasteiger charge is -2.25. The Kier molecular flexibility index (Phi) is 3.00. The van der Waals surface area contributed by atoms with Gasteiger partial charge in [-0.3, -0.25) is 0 Å². The van der Waals surface area contributed by atoms with Crippen LogP contribution in [0.5, 0.6) is 17.2 Å². The average molecular weight is 324 g/mol. The molecule has 2 aliphatic heterocycles. The van der Waals surface area contributed by atoms with Gasteiger partial charge in [-0.15, -0.1) is 0 Å². The number of nitrogens with zero attached hydrogens (tertiary/aromatic N) is 1. The van der Waals surface area contributed by atoms with Crippen LogP contribution in [-0.4, -0.2) is 6.79 Å². The van der Waals surface area contributed by atoms with Gasteiger partial charge in [0.15, 0.2) is 11.5 Å². The first-order chi connectivity index (χ1) is 11.6. The molecule has 0 aliphatic carbocycles. The fourth-order valence-corrected chi connectivity index (χ4v) is 2.94. The van der Waals surface area contributed by atoms with Gasteiger partial charge in [-0.25, -0.2) is 4.79 Å². The maximum atomic E-state index is 12.4. The minimum atomic E-state index is -0.690. The molecule has 0 unspecified atom stereocenters. The van der Waals surface area contributed by atoms with Gasteiger partial charge >= 0.3 is 5.63 Å². The number of nitriles is 1. The molecule has 0 bridgehead atoms. The summed E-state index contributed by atoms with van der Waals surface area (Å²) < 4.78 is 21.3. The van der Waals surface area contributed by atoms with E-state index in [4.69, 9.17) is 24.4 Å². The average Bonchev–Trinajstić information content (AvgIpc) is 3.00. The van der Waals surface area contributed by atoms with Gasteiger partial charge in [0, 0.05) is 6.07 Å². The zero-order valence-corrected chi connectivity index (χ0v) is 12.7. The maximum absolute atomic E-state index is 12.4. The van der Waals surface area contributed by atoms with Crippen LogP contribution in [0.2, 0.25) is 0 Å². The van der Waals surface area contributed by atoms with Crippen molar-refractivity contribution in [2.75, 3.05) is 6.79 Å². The monoisotopic (exact) mass is 324 g/mol. The highest BCUT2D eigenvalue weighted by molar-refractivity contribution is 5.57. The minimum Gasteiger partial charge on any atom is -0.454 e. The largest absolute Gasteiger partial charge is 0.454 e. The Morgan fingerprint density at radius 3 is 2.79 bits per heavy atom. The summed E-state index contributed by atoms with van der Waals surface area (Å²) in [6.07, 6.45) is 0. The van der Waals surface area contributed by atoms with Gasteiger partial charge in [-0.05, 0) is 24.6 Å². The molecular formula is C17H12N2O5. The SMILES string of the molecule is Cc1cc2c(c(=O)o1)[C@@H](c1ccc3c(c1)OCO3)C(C#N)=C(N)O2. The van der Waals surface area contributed by atoms with Gasteiger partial charge in [0.05, 0.1) is 11.5 Å². The molecular weight excluding hydrogens is 312 g/mol. The number of ether oxygens (including phenoxy) is 3. The van der Waals surface area contributed by atoms with Crippen molar-refractivity contribution < 1.29 is 18.6 Å². The van der Waals surface area contributed by atoms with Gasteiger partial charge in [-0.2, -0.15) is 5.26 Å². The minimum absolute atomic E-state index is 0.0299. The smallest absolute Gasteiger partial charge is 0.343 e. The summed E-state index contributed by atoms with van der Waals surface area (Å²) in [6.45, 7) is 1.77. The van der Waals surface area contributed by atoms with Gasteiger partial charge < -0.3 is 24.4 Å². The van der Waals surface area contributed by atoms with Crippen molar-refractivity contribution in [1.29, 1.82) is 5.26 Å². The summed E-state index contributed by atoms with van der Waals surface area (Å²) >= 11 is 0. The molecule has 3 heterocycles. The number of fused-ring (bicyclic) bond motifs is 2. The first kappa shape index (κ1) is 14.2. The number of allylic oxidation sites excluding steroid dienone is 1. The van der Waals surface area contributed by atoms with E-state index in [2.05, 4.69) is 0 Å². The van der Waals surface area contributed by atoms with Crippen LogP contribution in [-0.2, 0) is 0 Å². The zero-order chi connectivity index (χ0) is 16.8. The Morgan fingerprint density at radius 1 is 1.21 bits per heavy atom. The molecule has 2 N–H and O–H groups in total. The van der Waals surface area contributed by atoms with Crippen molar-refractivity contribution in [3.05, 3.63) is 63.0 Å². The Balaban J connectivity index is 1.96. The van der Waals surface area contributed by atoms with Crippen molar-refractivity contribution in [2.24, 2.45) is 5.73 Å². The zero-order valence-electron chi connectivity index (χ0n) is 12.7. The molecule has 0 amide bonds. The van der Waals surface area contributed by atoms with Crippen LogP contribution in [0.3, 0.4) is 0 Å². The third kappa shape index (κ3) is 2.01. The molecule has 1 atom stereocenters. The summed E-state index contributed by atoms with van der Waals surface area (Å²) in [5.74, 6) is 1.13. The standard InChI is InChI=1S/C17H12N2O5/c1-8-4-13-15(17(20)23-8)14(10(6-18)16(19)24-13)9-2-3-11-12(5-9)22-7-21-11/h2-5,14H,7,19H2,1H3/t14-/m0/s1. The van der Waals surface area contributed by atoms with Crippen LogP contribution in [0.4, 0.5) is 0 Å². The number of hydrogen-bond acceptors (Lipinski definition) is 7. The van der Waals surface area contributed by atoms with Crippen LogP contribution < -0.4 is 25.6 Å². The molecule has 2 aromatic rings. The lowest BCUT2D eigenvalue weighted by atomic mass is 9.84. The molecule has 0 saturated heterocycles. The topological polar surface area (TPSA) is 108 Å². The summed E-state index contributed by atoms with van der Waals surface area (Å²) in [5, 5.41) is 9.50. The number of rotatable bonds is 1. The van der Waals surface area contributed by atoms with Gasteiger partial charge in [0.25, 0.3) is 0 Å². The Hall–Kier alpha value is -3.40. The van der Waals surface area contributed by atoms with E-state index in [1.807, 2.05) is 6.07 Å². The second-order valence-electron chi connectivity index (χ2n) is 5.46. The van der Waals surface area contributed by atoms with Gasteiger partial charge in [-0.1, -0.05) is 6.07 Å². The van der Waals surface area contributed by atoms with E-state index in [1.165, 1.54) is 0 Å². The third-order valence-corrected chi connectivity index (χ3v) is 3.99. The van der Waals surface area contributed by atoms with E-state index in [-0.39, 0.29) is 23.8 Å².